The topological polar surface area (TPSA) is 38.9 Å². The van der Waals surface area contributed by atoms with E-state index in [0.29, 0.717) is 16.8 Å². The van der Waals surface area contributed by atoms with Crippen LogP contribution in [0.15, 0.2) is 36.7 Å². The third kappa shape index (κ3) is 3.01. The Kier molecular flexibility index (Phi) is 3.42. The molecule has 1 heterocycles. The highest BCUT2D eigenvalue weighted by atomic mass is 19.4. The summed E-state index contributed by atoms with van der Waals surface area (Å²) in [6, 6.07) is 4.42. The fraction of sp³-hybridized carbons (Fsp3) is 0.154. The van der Waals surface area contributed by atoms with Gasteiger partial charge >= 0.3 is 6.18 Å². The van der Waals surface area contributed by atoms with Gasteiger partial charge in [-0.05, 0) is 29.3 Å². The molecule has 0 bridgehead atoms. The van der Waals surface area contributed by atoms with Gasteiger partial charge in [0, 0.05) is 24.5 Å². The molecule has 2 rings (SSSR count). The number of hydrogen-bond donors (Lipinski definition) is 1. The van der Waals surface area contributed by atoms with Gasteiger partial charge in [0.25, 0.3) is 0 Å². The number of alkyl halides is 3. The minimum absolute atomic E-state index is 0.231. The Hall–Kier alpha value is -2.11. The maximum Gasteiger partial charge on any atom is 0.419 e. The molecule has 2 aromatic rings. The molecule has 0 amide bonds. The summed E-state index contributed by atoms with van der Waals surface area (Å²) in [5.41, 5.74) is 5.94. The van der Waals surface area contributed by atoms with E-state index in [0.717, 1.165) is 12.1 Å². The predicted octanol–water partition coefficient (Wildman–Crippen LogP) is 3.41. The van der Waals surface area contributed by atoms with Gasteiger partial charge in [-0.25, -0.2) is 4.39 Å². The Bertz CT molecular complexity index is 593. The first-order valence-electron chi connectivity index (χ1n) is 5.42. The highest BCUT2D eigenvalue weighted by Crippen LogP contribution is 2.32. The van der Waals surface area contributed by atoms with Crippen LogP contribution in [-0.2, 0) is 12.6 Å². The number of nitrogen functional groups attached to an aromatic ring is 1. The minimum Gasteiger partial charge on any atom is -0.398 e. The summed E-state index contributed by atoms with van der Waals surface area (Å²) in [5.74, 6) is -1.28. The Balaban J connectivity index is 2.29. The lowest BCUT2D eigenvalue weighted by Gasteiger charge is -2.10. The average molecular weight is 270 g/mol. The van der Waals surface area contributed by atoms with Gasteiger partial charge in [-0.1, -0.05) is 6.07 Å². The molecule has 6 heteroatoms. The first kappa shape index (κ1) is 13.3. The van der Waals surface area contributed by atoms with E-state index in [4.69, 9.17) is 5.73 Å². The average Bonchev–Trinajstić information content (AvgIpc) is 2.30. The summed E-state index contributed by atoms with van der Waals surface area (Å²) < 4.78 is 50.6. The lowest BCUT2D eigenvalue weighted by Crippen LogP contribution is -2.08. The molecule has 0 saturated carbocycles. The van der Waals surface area contributed by atoms with Crippen molar-refractivity contribution in [2.24, 2.45) is 0 Å². The molecule has 0 spiro atoms. The summed E-state index contributed by atoms with van der Waals surface area (Å²) in [6.45, 7) is 0. The van der Waals surface area contributed by atoms with Crippen LogP contribution in [0.4, 0.5) is 23.2 Å². The van der Waals surface area contributed by atoms with Crippen molar-refractivity contribution in [2.45, 2.75) is 12.6 Å². The molecule has 2 N–H and O–H groups in total. The summed E-state index contributed by atoms with van der Waals surface area (Å²) in [6.07, 6.45) is -1.44. The van der Waals surface area contributed by atoms with Gasteiger partial charge in [-0.15, -0.1) is 0 Å². The fourth-order valence-corrected chi connectivity index (χ4v) is 1.70. The minimum atomic E-state index is -4.68. The van der Waals surface area contributed by atoms with Gasteiger partial charge in [-0.3, -0.25) is 4.98 Å². The van der Waals surface area contributed by atoms with Crippen molar-refractivity contribution < 1.29 is 17.6 Å². The molecule has 0 radical (unpaired) electrons. The molecule has 1 aromatic carbocycles. The Morgan fingerprint density at radius 2 is 1.89 bits per heavy atom. The molecule has 0 aliphatic carbocycles. The standard InChI is InChI=1S/C13H10F4N2/c14-11-6-8(1-2-10(11)13(15,16)17)5-9-7-19-4-3-12(9)18/h1-4,6-7H,5H2,(H2,18,19). The van der Waals surface area contributed by atoms with E-state index < -0.39 is 17.6 Å². The van der Waals surface area contributed by atoms with Crippen LogP contribution in [0.5, 0.6) is 0 Å². The van der Waals surface area contributed by atoms with E-state index in [1.807, 2.05) is 0 Å². The number of nitrogens with two attached hydrogens (primary N) is 1. The zero-order chi connectivity index (χ0) is 14.0. The predicted molar refractivity (Wildman–Crippen MR) is 62.9 cm³/mol. The number of pyridine rings is 1. The highest BCUT2D eigenvalue weighted by Gasteiger charge is 2.33. The highest BCUT2D eigenvalue weighted by molar-refractivity contribution is 5.46. The van der Waals surface area contributed by atoms with Crippen LogP contribution in [-0.4, -0.2) is 4.98 Å². The van der Waals surface area contributed by atoms with Crippen LogP contribution in [0.1, 0.15) is 16.7 Å². The second kappa shape index (κ2) is 4.87. The molecule has 0 saturated heterocycles. The van der Waals surface area contributed by atoms with Gasteiger partial charge in [0.2, 0.25) is 0 Å². The molecule has 19 heavy (non-hydrogen) atoms. The molecule has 0 unspecified atom stereocenters. The summed E-state index contributed by atoms with van der Waals surface area (Å²) in [4.78, 5) is 3.87. The summed E-state index contributed by atoms with van der Waals surface area (Å²) in [7, 11) is 0. The molecular formula is C13H10F4N2. The normalized spacial score (nSPS) is 11.6. The van der Waals surface area contributed by atoms with Crippen molar-refractivity contribution in [3.8, 4) is 0 Å². The summed E-state index contributed by atoms with van der Waals surface area (Å²) in [5, 5.41) is 0. The maximum absolute atomic E-state index is 13.4. The second-order valence-electron chi connectivity index (χ2n) is 4.06. The molecule has 0 aliphatic rings. The van der Waals surface area contributed by atoms with Gasteiger partial charge in [0.05, 0.1) is 5.56 Å². The molecule has 0 fully saturated rings. The van der Waals surface area contributed by atoms with Gasteiger partial charge in [0.1, 0.15) is 5.82 Å². The smallest absolute Gasteiger partial charge is 0.398 e. The molecule has 0 aliphatic heterocycles. The number of hydrogen-bond acceptors (Lipinski definition) is 2. The SMILES string of the molecule is Nc1ccncc1Cc1ccc(C(F)(F)F)c(F)c1. The van der Waals surface area contributed by atoms with Crippen LogP contribution in [0.3, 0.4) is 0 Å². The van der Waals surface area contributed by atoms with E-state index >= 15 is 0 Å². The van der Waals surface area contributed by atoms with Crippen LogP contribution < -0.4 is 5.73 Å². The maximum atomic E-state index is 13.4. The zero-order valence-electron chi connectivity index (χ0n) is 9.71. The van der Waals surface area contributed by atoms with Crippen LogP contribution in [0, 0.1) is 5.82 Å². The quantitative estimate of drug-likeness (QED) is 0.849. The first-order chi connectivity index (χ1) is 8.88. The lowest BCUT2D eigenvalue weighted by molar-refractivity contribution is -0.140. The number of benzene rings is 1. The van der Waals surface area contributed by atoms with Crippen molar-refractivity contribution in [3.63, 3.8) is 0 Å². The van der Waals surface area contributed by atoms with Crippen molar-refractivity contribution >= 4 is 5.69 Å². The lowest BCUT2D eigenvalue weighted by atomic mass is 10.0. The molecule has 2 nitrogen and oxygen atoms in total. The van der Waals surface area contributed by atoms with E-state index in [-0.39, 0.29) is 6.42 Å². The number of aromatic nitrogens is 1. The number of rotatable bonds is 2. The number of anilines is 1. The Labute approximate surface area is 106 Å². The van der Waals surface area contributed by atoms with E-state index in [2.05, 4.69) is 4.98 Å². The van der Waals surface area contributed by atoms with E-state index in [9.17, 15) is 17.6 Å². The summed E-state index contributed by atoms with van der Waals surface area (Å²) >= 11 is 0. The third-order valence-corrected chi connectivity index (χ3v) is 2.67. The number of halogens is 4. The molecular weight excluding hydrogens is 260 g/mol. The van der Waals surface area contributed by atoms with Crippen molar-refractivity contribution in [3.05, 3.63) is 59.2 Å². The Morgan fingerprint density at radius 1 is 1.16 bits per heavy atom. The monoisotopic (exact) mass is 270 g/mol. The Morgan fingerprint density at radius 3 is 2.47 bits per heavy atom. The van der Waals surface area contributed by atoms with Crippen LogP contribution >= 0.6 is 0 Å². The molecule has 1 aromatic heterocycles. The van der Waals surface area contributed by atoms with E-state index in [1.54, 1.807) is 6.07 Å². The number of nitrogens with zero attached hydrogens (tertiary/aromatic N) is 1. The van der Waals surface area contributed by atoms with Crippen molar-refractivity contribution in [1.29, 1.82) is 0 Å². The van der Waals surface area contributed by atoms with E-state index in [1.165, 1.54) is 18.5 Å². The third-order valence-electron chi connectivity index (χ3n) is 2.67. The largest absolute Gasteiger partial charge is 0.419 e. The zero-order valence-corrected chi connectivity index (χ0v) is 9.71. The van der Waals surface area contributed by atoms with Gasteiger partial charge < -0.3 is 5.73 Å². The first-order valence-corrected chi connectivity index (χ1v) is 5.42. The van der Waals surface area contributed by atoms with Crippen molar-refractivity contribution in [2.75, 3.05) is 5.73 Å². The molecule has 100 valence electrons. The van der Waals surface area contributed by atoms with Crippen molar-refractivity contribution in [1.82, 2.24) is 4.98 Å². The fourth-order valence-electron chi connectivity index (χ4n) is 1.70. The second-order valence-corrected chi connectivity index (χ2v) is 4.06. The van der Waals surface area contributed by atoms with Gasteiger partial charge in [-0.2, -0.15) is 13.2 Å². The van der Waals surface area contributed by atoms with Crippen LogP contribution in [0.2, 0.25) is 0 Å². The molecule has 0 atom stereocenters. The van der Waals surface area contributed by atoms with Gasteiger partial charge in [0.15, 0.2) is 0 Å². The van der Waals surface area contributed by atoms with Crippen LogP contribution in [0.25, 0.3) is 0 Å².